The molecule has 0 aromatic heterocycles. The first-order chi connectivity index (χ1) is 13.0. The van der Waals surface area contributed by atoms with Crippen LogP contribution in [0.15, 0.2) is 65.8 Å². The van der Waals surface area contributed by atoms with Crippen LogP contribution in [0.1, 0.15) is 5.56 Å². The highest BCUT2D eigenvalue weighted by Crippen LogP contribution is 2.27. The first-order valence-corrected chi connectivity index (χ1v) is 8.05. The molecule has 136 valence electrons. The van der Waals surface area contributed by atoms with Gasteiger partial charge < -0.3 is 10.4 Å². The number of nitro benzene ring substituents is 1. The van der Waals surface area contributed by atoms with Crippen LogP contribution < -0.4 is 10.7 Å². The highest BCUT2D eigenvalue weighted by molar-refractivity contribution is 5.89. The van der Waals surface area contributed by atoms with Gasteiger partial charge in [-0.05, 0) is 29.0 Å². The number of hydrogen-bond donors (Lipinski definition) is 3. The zero-order valence-corrected chi connectivity index (χ0v) is 14.1. The molecule has 3 rings (SSSR count). The predicted octanol–water partition coefficient (Wildman–Crippen LogP) is 3.02. The molecule has 0 heterocycles. The summed E-state index contributed by atoms with van der Waals surface area (Å²) < 4.78 is 0. The summed E-state index contributed by atoms with van der Waals surface area (Å²) in [5.74, 6) is -0.904. The highest BCUT2D eigenvalue weighted by Gasteiger charge is 2.15. The maximum atomic E-state index is 11.9. The number of nitro groups is 1. The number of carbonyl (C=O) groups is 1. The first-order valence-electron chi connectivity index (χ1n) is 8.05. The predicted molar refractivity (Wildman–Crippen MR) is 103 cm³/mol. The Kier molecular flexibility index (Phi) is 5.27. The zero-order valence-electron chi connectivity index (χ0n) is 14.1. The van der Waals surface area contributed by atoms with Gasteiger partial charge in [0.2, 0.25) is 5.75 Å². The molecule has 0 bridgehead atoms. The number of rotatable bonds is 6. The number of hydrazone groups is 1. The number of carbonyl (C=O) groups excluding carboxylic acids is 1. The van der Waals surface area contributed by atoms with Crippen LogP contribution in [-0.4, -0.2) is 28.7 Å². The van der Waals surface area contributed by atoms with Crippen LogP contribution in [0, 0.1) is 10.1 Å². The van der Waals surface area contributed by atoms with Crippen molar-refractivity contribution in [3.8, 4) is 5.75 Å². The van der Waals surface area contributed by atoms with Crippen LogP contribution >= 0.6 is 0 Å². The van der Waals surface area contributed by atoms with Crippen molar-refractivity contribution in [3.63, 3.8) is 0 Å². The number of nitrogens with one attached hydrogen (secondary N) is 2. The van der Waals surface area contributed by atoms with Crippen LogP contribution in [0.2, 0.25) is 0 Å². The highest BCUT2D eigenvalue weighted by atomic mass is 16.6. The molecule has 0 aliphatic heterocycles. The molecular weight excluding hydrogens is 348 g/mol. The summed E-state index contributed by atoms with van der Waals surface area (Å²) in [6.07, 6.45) is 1.15. The second kappa shape index (κ2) is 7.96. The lowest BCUT2D eigenvalue weighted by Gasteiger charge is -2.06. The van der Waals surface area contributed by atoms with E-state index in [1.807, 2.05) is 42.5 Å². The Morgan fingerprint density at radius 2 is 1.89 bits per heavy atom. The third-order valence-corrected chi connectivity index (χ3v) is 3.84. The molecule has 0 aliphatic carbocycles. The van der Waals surface area contributed by atoms with Gasteiger partial charge in [0.1, 0.15) is 0 Å². The molecule has 0 spiro atoms. The zero-order chi connectivity index (χ0) is 19.2. The number of phenols is 1. The van der Waals surface area contributed by atoms with Crippen molar-refractivity contribution in [3.05, 3.63) is 76.3 Å². The third kappa shape index (κ3) is 4.37. The molecule has 0 atom stereocenters. The van der Waals surface area contributed by atoms with Crippen molar-refractivity contribution in [2.24, 2.45) is 5.10 Å². The Hall–Kier alpha value is -3.94. The maximum Gasteiger partial charge on any atom is 0.311 e. The molecule has 27 heavy (non-hydrogen) atoms. The second-order valence-electron chi connectivity index (χ2n) is 5.68. The molecule has 3 aromatic rings. The third-order valence-electron chi connectivity index (χ3n) is 3.84. The molecule has 0 fully saturated rings. The summed E-state index contributed by atoms with van der Waals surface area (Å²) in [4.78, 5) is 22.0. The number of hydrogen-bond acceptors (Lipinski definition) is 6. The van der Waals surface area contributed by atoms with Gasteiger partial charge in [0.05, 0.1) is 17.7 Å². The van der Waals surface area contributed by atoms with Gasteiger partial charge in [0.15, 0.2) is 0 Å². The van der Waals surface area contributed by atoms with Crippen LogP contribution in [-0.2, 0) is 4.79 Å². The number of nitrogens with zero attached hydrogens (tertiary/aromatic N) is 2. The van der Waals surface area contributed by atoms with Crippen molar-refractivity contribution < 1.29 is 14.8 Å². The Morgan fingerprint density at radius 3 is 2.67 bits per heavy atom. The molecular formula is C19H16N4O4. The fourth-order valence-corrected chi connectivity index (χ4v) is 2.50. The minimum atomic E-state index is -0.696. The van der Waals surface area contributed by atoms with Crippen LogP contribution in [0.25, 0.3) is 10.8 Å². The van der Waals surface area contributed by atoms with Crippen LogP contribution in [0.4, 0.5) is 11.4 Å². The summed E-state index contributed by atoms with van der Waals surface area (Å²) in [5, 5.41) is 29.5. The Balaban J connectivity index is 1.57. The van der Waals surface area contributed by atoms with Gasteiger partial charge in [-0.2, -0.15) is 5.10 Å². The lowest BCUT2D eigenvalue weighted by Crippen LogP contribution is -2.25. The average molecular weight is 364 g/mol. The van der Waals surface area contributed by atoms with Crippen molar-refractivity contribution in [2.45, 2.75) is 0 Å². The number of fused-ring (bicyclic) bond motifs is 1. The number of benzene rings is 3. The van der Waals surface area contributed by atoms with E-state index in [1.54, 1.807) is 0 Å². The van der Waals surface area contributed by atoms with E-state index in [4.69, 9.17) is 0 Å². The molecule has 8 heteroatoms. The van der Waals surface area contributed by atoms with Gasteiger partial charge in [-0.15, -0.1) is 0 Å². The molecule has 0 saturated heterocycles. The van der Waals surface area contributed by atoms with E-state index in [9.17, 15) is 20.0 Å². The van der Waals surface area contributed by atoms with Gasteiger partial charge >= 0.3 is 5.69 Å². The van der Waals surface area contributed by atoms with Gasteiger partial charge in [0, 0.05) is 17.3 Å². The summed E-state index contributed by atoms with van der Waals surface area (Å²) in [5.41, 5.74) is 2.80. The van der Waals surface area contributed by atoms with Crippen molar-refractivity contribution >= 4 is 34.3 Å². The van der Waals surface area contributed by atoms with Gasteiger partial charge in [0.25, 0.3) is 5.91 Å². The van der Waals surface area contributed by atoms with E-state index < -0.39 is 22.3 Å². The van der Waals surface area contributed by atoms with E-state index in [2.05, 4.69) is 15.8 Å². The maximum absolute atomic E-state index is 11.9. The number of phenolic OH excluding ortho intramolecular Hbond substituents is 1. The number of amides is 1. The smallest absolute Gasteiger partial charge is 0.311 e. The van der Waals surface area contributed by atoms with Crippen molar-refractivity contribution in [2.75, 3.05) is 11.9 Å². The van der Waals surface area contributed by atoms with Gasteiger partial charge in [-0.3, -0.25) is 14.9 Å². The van der Waals surface area contributed by atoms with E-state index in [-0.39, 0.29) is 12.1 Å². The van der Waals surface area contributed by atoms with E-state index >= 15 is 0 Å². The SMILES string of the molecule is O=C(CNc1ccc2ccccc2c1)NN=Cc1cccc([N+](=O)[O-])c1O. The van der Waals surface area contributed by atoms with E-state index in [1.165, 1.54) is 18.2 Å². The largest absolute Gasteiger partial charge is 0.502 e. The van der Waals surface area contributed by atoms with Gasteiger partial charge in [-0.1, -0.05) is 36.4 Å². The summed E-state index contributed by atoms with van der Waals surface area (Å²) in [6, 6.07) is 17.7. The number of aromatic hydroxyl groups is 1. The van der Waals surface area contributed by atoms with E-state index in [0.717, 1.165) is 22.7 Å². The molecule has 3 aromatic carbocycles. The van der Waals surface area contributed by atoms with Gasteiger partial charge in [-0.25, -0.2) is 5.43 Å². The molecule has 8 nitrogen and oxygen atoms in total. The van der Waals surface area contributed by atoms with Crippen molar-refractivity contribution in [1.29, 1.82) is 0 Å². The molecule has 3 N–H and O–H groups in total. The standard InChI is InChI=1S/C19H16N4O4/c24-18(12-20-16-9-8-13-4-1-2-5-14(13)10-16)22-21-11-15-6-3-7-17(19(15)25)23(26)27/h1-11,20,25H,12H2,(H,22,24). The normalized spacial score (nSPS) is 10.8. The Morgan fingerprint density at radius 1 is 1.11 bits per heavy atom. The first kappa shape index (κ1) is 17.9. The minimum absolute atomic E-state index is 0.00337. The summed E-state index contributed by atoms with van der Waals surface area (Å²) >= 11 is 0. The quantitative estimate of drug-likeness (QED) is 0.353. The molecule has 1 amide bonds. The minimum Gasteiger partial charge on any atom is -0.502 e. The molecule has 0 unspecified atom stereocenters. The lowest BCUT2D eigenvalue weighted by atomic mass is 10.1. The van der Waals surface area contributed by atoms with Crippen molar-refractivity contribution in [1.82, 2.24) is 5.43 Å². The Labute approximate surface area is 154 Å². The Bertz CT molecular complexity index is 1030. The topological polar surface area (TPSA) is 117 Å². The molecule has 0 aliphatic rings. The molecule has 0 saturated carbocycles. The lowest BCUT2D eigenvalue weighted by molar-refractivity contribution is -0.385. The summed E-state index contributed by atoms with van der Waals surface area (Å²) in [6.45, 7) is -0.00337. The number of para-hydroxylation sites is 1. The van der Waals surface area contributed by atoms with Crippen LogP contribution in [0.3, 0.4) is 0 Å². The number of anilines is 1. The fraction of sp³-hybridized carbons (Fsp3) is 0.0526. The second-order valence-corrected chi connectivity index (χ2v) is 5.68. The van der Waals surface area contributed by atoms with E-state index in [0.29, 0.717) is 0 Å². The monoisotopic (exact) mass is 364 g/mol. The summed E-state index contributed by atoms with van der Waals surface area (Å²) in [7, 11) is 0. The van der Waals surface area contributed by atoms with Crippen LogP contribution in [0.5, 0.6) is 5.75 Å². The fourth-order valence-electron chi connectivity index (χ4n) is 2.50. The average Bonchev–Trinajstić information content (AvgIpc) is 2.67. The molecule has 0 radical (unpaired) electrons.